The maximum absolute atomic E-state index is 14.1. The lowest BCUT2D eigenvalue weighted by molar-refractivity contribution is -0.289. The number of hydrogen-bond acceptors (Lipinski definition) is 15. The Morgan fingerprint density at radius 1 is 1.05 bits per heavy atom. The number of aromatic nitrogens is 4. The number of hydrogen-bond donors (Lipinski definition) is 1. The van der Waals surface area contributed by atoms with E-state index < -0.39 is 71.7 Å². The smallest absolute Gasteiger partial charge is 0.410 e. The van der Waals surface area contributed by atoms with E-state index in [4.69, 9.17) is 23.7 Å². The van der Waals surface area contributed by atoms with E-state index in [0.717, 1.165) is 5.01 Å². The van der Waals surface area contributed by atoms with E-state index in [0.29, 0.717) is 44.5 Å². The minimum atomic E-state index is -1.38. The second kappa shape index (κ2) is 25.4. The Morgan fingerprint density at radius 2 is 1.70 bits per heavy atom. The molecule has 3 aliphatic rings. The van der Waals surface area contributed by atoms with Gasteiger partial charge < -0.3 is 38.6 Å². The highest BCUT2D eigenvalue weighted by Gasteiger charge is 2.59. The number of likely N-dealkylation sites (N-methyl/N-ethyl adjacent to an activating group) is 1. The van der Waals surface area contributed by atoms with Crippen LogP contribution in [0.5, 0.6) is 0 Å². The minimum absolute atomic E-state index is 0. The van der Waals surface area contributed by atoms with Crippen LogP contribution in [0.2, 0.25) is 0 Å². The van der Waals surface area contributed by atoms with Gasteiger partial charge in [0.05, 0.1) is 36.1 Å². The number of ketones is 1. The summed E-state index contributed by atoms with van der Waals surface area (Å²) < 4.78 is 33.0. The van der Waals surface area contributed by atoms with Crippen LogP contribution < -0.4 is 0 Å². The van der Waals surface area contributed by atoms with Crippen molar-refractivity contribution in [3.63, 3.8) is 0 Å². The van der Waals surface area contributed by atoms with E-state index in [1.165, 1.54) is 32.3 Å². The number of aliphatic hydroxyl groups excluding tert-OH is 1. The average molecular weight is 928 g/mol. The average Bonchev–Trinajstić information content (AvgIpc) is 3.94. The Balaban J connectivity index is 0.00000794. The van der Waals surface area contributed by atoms with Gasteiger partial charge in [0, 0.05) is 57.7 Å². The Bertz CT molecular complexity index is 1750. The minimum Gasteiger partial charge on any atom is -0.458 e. The zero-order valence-electron chi connectivity index (χ0n) is 36.5. The molecule has 0 aliphatic carbocycles. The maximum Gasteiger partial charge on any atom is 0.410 e. The first-order valence-electron chi connectivity index (χ1n) is 20.8. The molecule has 17 nitrogen and oxygen atoms in total. The van der Waals surface area contributed by atoms with Crippen molar-refractivity contribution in [3.05, 3.63) is 17.8 Å². The molecule has 12 atom stereocenters. The van der Waals surface area contributed by atoms with Crippen LogP contribution in [-0.2, 0) is 44.6 Å². The van der Waals surface area contributed by atoms with Crippen LogP contribution in [-0.4, -0.2) is 158 Å². The van der Waals surface area contributed by atoms with E-state index in [1.807, 2.05) is 65.2 Å². The molecule has 370 valence electrons. The number of carbonyl (C=O) groups excluding carboxylic acids is 4. The molecule has 3 unspecified atom stereocenters. The fraction of sp³-hybridized carbons (Fsp3) is 0.804. The highest BCUT2D eigenvalue weighted by molar-refractivity contribution is 7.13. The van der Waals surface area contributed by atoms with Crippen molar-refractivity contribution in [1.29, 1.82) is 0 Å². The highest BCUT2D eigenvalue weighted by atomic mass is 32.1. The molecule has 64 heavy (non-hydrogen) atoms. The monoisotopic (exact) mass is 928 g/mol. The third-order valence-electron chi connectivity index (χ3n) is 12.5. The third kappa shape index (κ3) is 13.3. The molecule has 3 aliphatic heterocycles. The Kier molecular flexibility index (Phi) is 24.0. The molecule has 3 saturated heterocycles. The van der Waals surface area contributed by atoms with E-state index >= 15 is 0 Å². The van der Waals surface area contributed by atoms with Crippen molar-refractivity contribution < 1.29 is 48.0 Å². The molecule has 3 fully saturated rings. The van der Waals surface area contributed by atoms with Crippen LogP contribution >= 0.6 is 11.3 Å². The number of methoxy groups -OCH3 is 1. The van der Waals surface area contributed by atoms with E-state index in [1.54, 1.807) is 27.6 Å². The van der Waals surface area contributed by atoms with Gasteiger partial charge in [0.25, 0.3) is 0 Å². The van der Waals surface area contributed by atoms with Gasteiger partial charge in [-0.25, -0.2) is 9.78 Å². The highest BCUT2D eigenvalue weighted by Crippen LogP contribution is 2.41. The first kappa shape index (κ1) is 60.5. The van der Waals surface area contributed by atoms with Crippen LogP contribution in [0.25, 0.3) is 10.7 Å². The quantitative estimate of drug-likeness (QED) is 0.134. The molecule has 5 rings (SSSR count). The molecular formula is C46H85N7O10S. The molecule has 18 heteroatoms. The summed E-state index contributed by atoms with van der Waals surface area (Å²) in [5.41, 5.74) is -1.82. The van der Waals surface area contributed by atoms with Crippen molar-refractivity contribution in [2.45, 2.75) is 198 Å². The first-order valence-corrected chi connectivity index (χ1v) is 21.7. The molecular weight excluding hydrogens is 843 g/mol. The first-order chi connectivity index (χ1) is 27.8. The lowest BCUT2D eigenvalue weighted by atomic mass is 9.82. The number of unbranched alkanes of at least 4 members (excludes halogenated alkanes) is 1. The van der Waals surface area contributed by atoms with Gasteiger partial charge in [0.1, 0.15) is 34.6 Å². The molecule has 0 radical (unpaired) electrons. The number of thiazole rings is 1. The number of cyclic esters (lactones) is 1. The fourth-order valence-corrected chi connectivity index (χ4v) is 9.71. The molecule has 1 N–H and O–H groups in total. The molecule has 0 aromatic carbocycles. The normalized spacial score (nSPS) is 32.5. The number of nitrogens with zero attached hydrogens (tertiary/aromatic N) is 7. The van der Waals surface area contributed by atoms with Gasteiger partial charge in [-0.2, -0.15) is 0 Å². The van der Waals surface area contributed by atoms with Crippen LogP contribution in [0.15, 0.2) is 17.8 Å². The number of esters is 1. The van der Waals surface area contributed by atoms with Crippen molar-refractivity contribution in [1.82, 2.24) is 34.7 Å². The van der Waals surface area contributed by atoms with Gasteiger partial charge in [-0.15, -0.1) is 16.4 Å². The predicted molar refractivity (Wildman–Crippen MR) is 252 cm³/mol. The maximum atomic E-state index is 14.1. The number of Topliss-reactive ketones (excluding diaryl/α,β-unsaturated/α-hetero) is 1. The fourth-order valence-electron chi connectivity index (χ4n) is 9.12. The topological polar surface area (TPSA) is 188 Å². The number of ether oxygens (including phenoxy) is 5. The van der Waals surface area contributed by atoms with E-state index in [2.05, 4.69) is 15.3 Å². The number of aliphatic hydroxyl groups is 1. The number of aryl methyl sites for hydroxylation is 1. The van der Waals surface area contributed by atoms with Gasteiger partial charge in [-0.3, -0.25) is 24.0 Å². The summed E-state index contributed by atoms with van der Waals surface area (Å²) in [6.45, 7) is 15.3. The summed E-state index contributed by atoms with van der Waals surface area (Å²) in [6.07, 6.45) is 0.943. The molecule has 0 spiro atoms. The third-order valence-corrected chi connectivity index (χ3v) is 13.3. The number of carbonyl (C=O) groups is 4. The largest absolute Gasteiger partial charge is 0.458 e. The lowest BCUT2D eigenvalue weighted by Crippen LogP contribution is -2.62. The molecule has 2 amide bonds. The second-order valence-corrected chi connectivity index (χ2v) is 18.2. The second-order valence-electron chi connectivity index (χ2n) is 17.3. The van der Waals surface area contributed by atoms with Crippen molar-refractivity contribution in [3.8, 4) is 10.7 Å². The molecule has 2 aromatic rings. The van der Waals surface area contributed by atoms with Crippen LogP contribution in [0.3, 0.4) is 0 Å². The standard InChI is InChI=1S/C41H65N7O10S.5CH4/c1-12-32-41(8)35(47(39(53)58-41)17-14-13-16-46-23-29(43-44-46)36-42-15-18-59-36)27(5)48(28(6)49)22-24(2)21-40(7,54-11)33(20-31(50)26(4)37(52)56-32)57-38-34(51)30(45(9)10)19-25(3)55-38;;;;;/h15,18,23-27,30,32-35,38,51H,12-14,16-17,19-22H2,1-11H3;5*1H4/t24-,25?,26-,27-,30?,32-,33-,34?,35-,38+,40+,41-;;;;;/m1...../s1. The zero-order chi connectivity index (χ0) is 43.4. The van der Waals surface area contributed by atoms with Gasteiger partial charge in [-0.1, -0.05) is 56.2 Å². The molecule has 0 saturated carbocycles. The summed E-state index contributed by atoms with van der Waals surface area (Å²) in [5, 5.41) is 22.5. The number of fused-ring (bicyclic) bond motifs is 1. The van der Waals surface area contributed by atoms with Gasteiger partial charge in [0.15, 0.2) is 11.9 Å². The van der Waals surface area contributed by atoms with Crippen molar-refractivity contribution in [2.24, 2.45) is 11.8 Å². The summed E-state index contributed by atoms with van der Waals surface area (Å²) in [7, 11) is 5.30. The van der Waals surface area contributed by atoms with E-state index in [9.17, 15) is 24.3 Å². The number of amides is 2. The molecule has 0 bridgehead atoms. The molecule has 2 aromatic heterocycles. The summed E-state index contributed by atoms with van der Waals surface area (Å²) in [5.74, 6) is -2.84. The summed E-state index contributed by atoms with van der Waals surface area (Å²) >= 11 is 1.48. The predicted octanol–water partition coefficient (Wildman–Crippen LogP) is 7.35. The summed E-state index contributed by atoms with van der Waals surface area (Å²) in [6, 6.07) is -1.56. The van der Waals surface area contributed by atoms with Crippen LogP contribution in [0.4, 0.5) is 4.79 Å². The van der Waals surface area contributed by atoms with Crippen molar-refractivity contribution >= 4 is 35.1 Å². The number of rotatable bonds is 11. The Hall–Kier alpha value is -3.55. The van der Waals surface area contributed by atoms with Crippen molar-refractivity contribution in [2.75, 3.05) is 34.3 Å². The Morgan fingerprint density at radius 3 is 2.28 bits per heavy atom. The van der Waals surface area contributed by atoms with Gasteiger partial charge in [0.2, 0.25) is 5.91 Å². The van der Waals surface area contributed by atoms with Gasteiger partial charge >= 0.3 is 12.1 Å². The lowest BCUT2D eigenvalue weighted by Gasteiger charge is -2.46. The van der Waals surface area contributed by atoms with Crippen LogP contribution in [0.1, 0.15) is 131 Å². The summed E-state index contributed by atoms with van der Waals surface area (Å²) in [4.78, 5) is 65.3. The SMILES string of the molecule is C.C.C.C.C.CC[C@H]1OC(=O)[C@H](C)C(=O)C[C@@H](O[C@@H]2OC(C)CC(N(C)C)C2O)[C@@](C)(OC)C[C@@H](C)CN(C(C)=O)[C@H](C)[C@H]2N(CCCCn3cc(-c4nccs4)nn3)C(=O)O[C@]12C. The van der Waals surface area contributed by atoms with Gasteiger partial charge in [-0.05, 0) is 86.7 Å². The molecule has 5 heterocycles. The Labute approximate surface area is 388 Å². The zero-order valence-corrected chi connectivity index (χ0v) is 37.3. The van der Waals surface area contributed by atoms with E-state index in [-0.39, 0.29) is 80.5 Å². The van der Waals surface area contributed by atoms with Crippen LogP contribution in [0, 0.1) is 11.8 Å².